The summed E-state index contributed by atoms with van der Waals surface area (Å²) in [4.78, 5) is 14.6. The van der Waals surface area contributed by atoms with Crippen molar-refractivity contribution in [2.45, 2.75) is 38.1 Å². The van der Waals surface area contributed by atoms with Crippen molar-refractivity contribution in [3.05, 3.63) is 35.4 Å². The maximum Gasteiger partial charge on any atom is 0.226 e. The van der Waals surface area contributed by atoms with Crippen molar-refractivity contribution < 1.29 is 4.79 Å². The fraction of sp³-hybridized carbons (Fsp3) is 0.588. The van der Waals surface area contributed by atoms with Crippen molar-refractivity contribution in [3.8, 4) is 0 Å². The zero-order valence-electron chi connectivity index (χ0n) is 12.4. The van der Waals surface area contributed by atoms with Gasteiger partial charge in [0.15, 0.2) is 0 Å². The van der Waals surface area contributed by atoms with E-state index in [0.717, 1.165) is 32.4 Å². The lowest BCUT2D eigenvalue weighted by Crippen LogP contribution is -2.44. The van der Waals surface area contributed by atoms with Gasteiger partial charge in [-0.1, -0.05) is 24.3 Å². The van der Waals surface area contributed by atoms with Gasteiger partial charge in [-0.05, 0) is 56.3 Å². The highest BCUT2D eigenvalue weighted by atomic mass is 16.2. The molecule has 1 aliphatic heterocycles. The molecule has 3 heteroatoms. The van der Waals surface area contributed by atoms with E-state index in [0.29, 0.717) is 17.9 Å². The van der Waals surface area contributed by atoms with Crippen molar-refractivity contribution in [3.63, 3.8) is 0 Å². The number of hydrogen-bond donors (Lipinski definition) is 1. The third-order valence-corrected chi connectivity index (χ3v) is 4.90. The first-order chi connectivity index (χ1) is 9.68. The maximum absolute atomic E-state index is 12.6. The van der Waals surface area contributed by atoms with Gasteiger partial charge in [-0.3, -0.25) is 4.79 Å². The Hall–Kier alpha value is -1.35. The lowest BCUT2D eigenvalue weighted by atomic mass is 10.0. The summed E-state index contributed by atoms with van der Waals surface area (Å²) in [5.74, 6) is 1.02. The van der Waals surface area contributed by atoms with Gasteiger partial charge in [0, 0.05) is 19.0 Å². The van der Waals surface area contributed by atoms with Gasteiger partial charge in [0.2, 0.25) is 5.91 Å². The molecule has 1 heterocycles. The number of carbonyl (C=O) groups excluding carboxylic acids is 1. The van der Waals surface area contributed by atoms with Gasteiger partial charge in [0.1, 0.15) is 0 Å². The number of amides is 1. The summed E-state index contributed by atoms with van der Waals surface area (Å²) in [5, 5.41) is 3.36. The molecule has 3 rings (SSSR count). The summed E-state index contributed by atoms with van der Waals surface area (Å²) in [7, 11) is 1.99. The summed E-state index contributed by atoms with van der Waals surface area (Å²) >= 11 is 0. The second kappa shape index (κ2) is 5.57. The molecule has 0 bridgehead atoms. The van der Waals surface area contributed by atoms with E-state index in [1.54, 1.807) is 0 Å². The van der Waals surface area contributed by atoms with Crippen LogP contribution in [0.4, 0.5) is 0 Å². The summed E-state index contributed by atoms with van der Waals surface area (Å²) in [6.07, 6.45) is 3.20. The summed E-state index contributed by atoms with van der Waals surface area (Å²) in [6.45, 7) is 4.22. The highest BCUT2D eigenvalue weighted by molar-refractivity contribution is 5.83. The smallest absolute Gasteiger partial charge is 0.226 e. The van der Waals surface area contributed by atoms with Crippen molar-refractivity contribution in [2.75, 3.05) is 20.1 Å². The normalized spacial score (nSPS) is 26.3. The van der Waals surface area contributed by atoms with E-state index >= 15 is 0 Å². The first kappa shape index (κ1) is 13.6. The van der Waals surface area contributed by atoms with E-state index in [-0.39, 0.29) is 5.92 Å². The Bertz CT molecular complexity index is 494. The zero-order chi connectivity index (χ0) is 14.1. The standard InChI is InChI=1S/C17H24N2O/c1-12-5-3-4-6-14(12)15-11-16(15)17(20)19(2)13-7-9-18-10-8-13/h3-6,13,15-16,18H,7-11H2,1-2H3. The van der Waals surface area contributed by atoms with Crippen LogP contribution < -0.4 is 5.32 Å². The van der Waals surface area contributed by atoms with Crippen LogP contribution in [0, 0.1) is 12.8 Å². The third kappa shape index (κ3) is 2.59. The number of hydrogen-bond acceptors (Lipinski definition) is 2. The monoisotopic (exact) mass is 272 g/mol. The van der Waals surface area contributed by atoms with Crippen molar-refractivity contribution >= 4 is 5.91 Å². The summed E-state index contributed by atoms with van der Waals surface area (Å²) < 4.78 is 0. The van der Waals surface area contributed by atoms with Crippen LogP contribution in [0.5, 0.6) is 0 Å². The van der Waals surface area contributed by atoms with Gasteiger partial charge in [-0.25, -0.2) is 0 Å². The van der Waals surface area contributed by atoms with Gasteiger partial charge in [-0.2, -0.15) is 0 Å². The number of aryl methyl sites for hydroxylation is 1. The van der Waals surface area contributed by atoms with Crippen LogP contribution in [0.25, 0.3) is 0 Å². The minimum absolute atomic E-state index is 0.219. The molecule has 2 unspecified atom stereocenters. The topological polar surface area (TPSA) is 32.3 Å². The van der Waals surface area contributed by atoms with Gasteiger partial charge < -0.3 is 10.2 Å². The Morgan fingerprint density at radius 2 is 1.95 bits per heavy atom. The highest BCUT2D eigenvalue weighted by Gasteiger charge is 2.46. The molecule has 1 aliphatic carbocycles. The van der Waals surface area contributed by atoms with Crippen LogP contribution in [0.1, 0.15) is 36.3 Å². The molecule has 0 aromatic heterocycles. The van der Waals surface area contributed by atoms with Crippen molar-refractivity contribution in [2.24, 2.45) is 5.92 Å². The molecule has 20 heavy (non-hydrogen) atoms. The number of rotatable bonds is 3. The van der Waals surface area contributed by atoms with E-state index in [1.165, 1.54) is 11.1 Å². The van der Waals surface area contributed by atoms with Crippen LogP contribution in [0.2, 0.25) is 0 Å². The maximum atomic E-state index is 12.6. The zero-order valence-corrected chi connectivity index (χ0v) is 12.4. The van der Waals surface area contributed by atoms with Crippen LogP contribution in [-0.4, -0.2) is 37.0 Å². The predicted molar refractivity (Wildman–Crippen MR) is 80.7 cm³/mol. The second-order valence-electron chi connectivity index (χ2n) is 6.24. The fourth-order valence-corrected chi connectivity index (χ4v) is 3.45. The number of nitrogens with one attached hydrogen (secondary N) is 1. The molecule has 0 spiro atoms. The third-order valence-electron chi connectivity index (χ3n) is 4.90. The van der Waals surface area contributed by atoms with E-state index in [1.807, 2.05) is 11.9 Å². The van der Waals surface area contributed by atoms with Crippen LogP contribution >= 0.6 is 0 Å². The van der Waals surface area contributed by atoms with E-state index < -0.39 is 0 Å². The Kier molecular flexibility index (Phi) is 3.79. The van der Waals surface area contributed by atoms with Crippen molar-refractivity contribution in [1.29, 1.82) is 0 Å². The van der Waals surface area contributed by atoms with E-state index in [4.69, 9.17) is 0 Å². The Labute approximate surface area is 121 Å². The summed E-state index contributed by atoms with van der Waals surface area (Å²) in [5.41, 5.74) is 2.68. The molecule has 108 valence electrons. The average molecular weight is 272 g/mol. The second-order valence-corrected chi connectivity index (χ2v) is 6.24. The van der Waals surface area contributed by atoms with Crippen LogP contribution in [0.3, 0.4) is 0 Å². The van der Waals surface area contributed by atoms with E-state index in [9.17, 15) is 4.79 Å². The predicted octanol–water partition coefficient (Wildman–Crippen LogP) is 2.31. The molecule has 1 N–H and O–H groups in total. The molecule has 2 atom stereocenters. The molecule has 3 nitrogen and oxygen atoms in total. The van der Waals surface area contributed by atoms with Crippen molar-refractivity contribution in [1.82, 2.24) is 10.2 Å². The largest absolute Gasteiger partial charge is 0.342 e. The Morgan fingerprint density at radius 3 is 2.65 bits per heavy atom. The fourth-order valence-electron chi connectivity index (χ4n) is 3.45. The molecule has 1 aromatic carbocycles. The molecule has 0 radical (unpaired) electrons. The van der Waals surface area contributed by atoms with E-state index in [2.05, 4.69) is 36.5 Å². The van der Waals surface area contributed by atoms with Gasteiger partial charge in [0.25, 0.3) is 0 Å². The SMILES string of the molecule is Cc1ccccc1C1CC1C(=O)N(C)C1CCNCC1. The Balaban J connectivity index is 1.63. The van der Waals surface area contributed by atoms with Gasteiger partial charge in [-0.15, -0.1) is 0 Å². The van der Waals surface area contributed by atoms with Gasteiger partial charge in [0.05, 0.1) is 0 Å². The molecule has 1 aromatic rings. The molecule has 1 amide bonds. The molecule has 1 saturated carbocycles. The number of nitrogens with zero attached hydrogens (tertiary/aromatic N) is 1. The molecule has 2 aliphatic rings. The molecule has 2 fully saturated rings. The lowest BCUT2D eigenvalue weighted by Gasteiger charge is -2.32. The summed E-state index contributed by atoms with van der Waals surface area (Å²) in [6, 6.07) is 8.91. The highest BCUT2D eigenvalue weighted by Crippen LogP contribution is 2.49. The quantitative estimate of drug-likeness (QED) is 0.916. The Morgan fingerprint density at radius 1 is 1.25 bits per heavy atom. The molecular formula is C17H24N2O. The number of carbonyl (C=O) groups is 1. The number of benzene rings is 1. The van der Waals surface area contributed by atoms with Crippen LogP contribution in [-0.2, 0) is 4.79 Å². The minimum Gasteiger partial charge on any atom is -0.342 e. The molecular weight excluding hydrogens is 248 g/mol. The average Bonchev–Trinajstić information content (AvgIpc) is 3.27. The van der Waals surface area contributed by atoms with Crippen LogP contribution in [0.15, 0.2) is 24.3 Å². The first-order valence-electron chi connectivity index (χ1n) is 7.71. The molecule has 1 saturated heterocycles. The minimum atomic E-state index is 0.219. The number of piperidine rings is 1. The lowest BCUT2D eigenvalue weighted by molar-refractivity contribution is -0.133. The van der Waals surface area contributed by atoms with Gasteiger partial charge >= 0.3 is 0 Å². The first-order valence-corrected chi connectivity index (χ1v) is 7.71.